The average Bonchev–Trinajstić information content (AvgIpc) is 2.53. The van der Waals surface area contributed by atoms with Gasteiger partial charge in [-0.3, -0.25) is 14.6 Å². The molecule has 1 heterocycles. The summed E-state index contributed by atoms with van der Waals surface area (Å²) >= 11 is 0. The summed E-state index contributed by atoms with van der Waals surface area (Å²) in [6.07, 6.45) is 0. The first-order valence-electron chi connectivity index (χ1n) is 4.72. The van der Waals surface area contributed by atoms with Crippen LogP contribution in [0.15, 0.2) is 29.1 Å². The van der Waals surface area contributed by atoms with Crippen LogP contribution in [0.5, 0.6) is 5.75 Å². The molecule has 0 aliphatic heterocycles. The third-order valence-electron chi connectivity index (χ3n) is 2.36. The zero-order valence-electron chi connectivity index (χ0n) is 8.95. The third-order valence-corrected chi connectivity index (χ3v) is 2.36. The summed E-state index contributed by atoms with van der Waals surface area (Å²) in [5.74, 6) is -0.00148. The van der Waals surface area contributed by atoms with Crippen LogP contribution in [0.25, 0.3) is 11.1 Å². The lowest BCUT2D eigenvalue weighted by Crippen LogP contribution is -2.03. The Hall–Kier alpha value is -2.04. The second kappa shape index (κ2) is 3.84. The van der Waals surface area contributed by atoms with Gasteiger partial charge in [-0.1, -0.05) is 12.1 Å². The monoisotopic (exact) mass is 222 g/mol. The molecule has 0 aliphatic rings. The Bertz CT molecular complexity index is 572. The van der Waals surface area contributed by atoms with E-state index in [0.29, 0.717) is 11.3 Å². The number of ether oxygens (including phenoxy) is 1. The maximum absolute atomic E-state index is 13.6. The summed E-state index contributed by atoms with van der Waals surface area (Å²) < 4.78 is 19.7. The van der Waals surface area contributed by atoms with Gasteiger partial charge in [0.2, 0.25) is 5.95 Å². The lowest BCUT2D eigenvalue weighted by Gasteiger charge is -2.01. The second-order valence-corrected chi connectivity index (χ2v) is 3.40. The molecule has 1 aromatic carbocycles. The first-order valence-corrected chi connectivity index (χ1v) is 4.72. The first-order chi connectivity index (χ1) is 7.63. The van der Waals surface area contributed by atoms with Gasteiger partial charge >= 0.3 is 0 Å². The van der Waals surface area contributed by atoms with Gasteiger partial charge in [-0.25, -0.2) is 0 Å². The van der Waals surface area contributed by atoms with Crippen LogP contribution in [0.4, 0.5) is 4.39 Å². The molecule has 2 aromatic rings. The fraction of sp³-hybridized carbons (Fsp3) is 0.182. The molecule has 1 N–H and O–H groups in total. The fourth-order valence-corrected chi connectivity index (χ4v) is 1.55. The van der Waals surface area contributed by atoms with Crippen molar-refractivity contribution < 1.29 is 9.13 Å². The van der Waals surface area contributed by atoms with Crippen molar-refractivity contribution in [1.82, 2.24) is 9.78 Å². The predicted octanol–water partition coefficient (Wildman–Crippen LogP) is 1.53. The van der Waals surface area contributed by atoms with Gasteiger partial charge in [-0.2, -0.15) is 4.39 Å². The molecule has 0 amide bonds. The van der Waals surface area contributed by atoms with Crippen molar-refractivity contribution in [3.63, 3.8) is 0 Å². The number of H-pyrrole nitrogens is 1. The van der Waals surface area contributed by atoms with Gasteiger partial charge in [-0.15, -0.1) is 0 Å². The smallest absolute Gasteiger partial charge is 0.275 e. The molecule has 0 aliphatic carbocycles. The Labute approximate surface area is 91.3 Å². The molecule has 0 saturated heterocycles. The quantitative estimate of drug-likeness (QED) is 0.837. The maximum Gasteiger partial charge on any atom is 0.275 e. The minimum absolute atomic E-state index is 0.0291. The normalized spacial score (nSPS) is 10.4. The van der Waals surface area contributed by atoms with Crippen LogP contribution in [0.1, 0.15) is 0 Å². The van der Waals surface area contributed by atoms with Crippen molar-refractivity contribution >= 4 is 0 Å². The lowest BCUT2D eigenvalue weighted by molar-refractivity contribution is 0.415. The summed E-state index contributed by atoms with van der Waals surface area (Å²) in [6.45, 7) is 0. The zero-order chi connectivity index (χ0) is 11.7. The molecular weight excluding hydrogens is 211 g/mol. The van der Waals surface area contributed by atoms with E-state index in [2.05, 4.69) is 5.10 Å². The fourth-order valence-electron chi connectivity index (χ4n) is 1.55. The molecule has 4 nitrogen and oxygen atoms in total. The Morgan fingerprint density at radius 2 is 2.19 bits per heavy atom. The minimum atomic E-state index is -0.585. The van der Waals surface area contributed by atoms with E-state index >= 15 is 0 Å². The predicted molar refractivity (Wildman–Crippen MR) is 58.0 cm³/mol. The van der Waals surface area contributed by atoms with Gasteiger partial charge in [0, 0.05) is 7.05 Å². The largest absolute Gasteiger partial charge is 0.497 e. The summed E-state index contributed by atoms with van der Waals surface area (Å²) in [6, 6.07) is 6.72. The van der Waals surface area contributed by atoms with E-state index in [4.69, 9.17) is 4.74 Å². The number of aromatic amines is 1. The Morgan fingerprint density at radius 3 is 2.75 bits per heavy atom. The van der Waals surface area contributed by atoms with Crippen LogP contribution in [0.3, 0.4) is 0 Å². The number of methoxy groups -OCH3 is 1. The molecular formula is C11H11FN2O2. The van der Waals surface area contributed by atoms with E-state index in [9.17, 15) is 9.18 Å². The molecule has 84 valence electrons. The highest BCUT2D eigenvalue weighted by Gasteiger charge is 2.14. The van der Waals surface area contributed by atoms with Gasteiger partial charge < -0.3 is 4.74 Å². The van der Waals surface area contributed by atoms with Crippen LogP contribution >= 0.6 is 0 Å². The van der Waals surface area contributed by atoms with Gasteiger partial charge in [-0.05, 0) is 17.7 Å². The van der Waals surface area contributed by atoms with E-state index in [-0.39, 0.29) is 5.56 Å². The van der Waals surface area contributed by atoms with Gasteiger partial charge in [0.1, 0.15) is 11.3 Å². The molecule has 2 rings (SSSR count). The van der Waals surface area contributed by atoms with E-state index in [1.54, 1.807) is 24.3 Å². The van der Waals surface area contributed by atoms with E-state index in [0.717, 1.165) is 4.68 Å². The number of halogens is 1. The molecule has 0 saturated carbocycles. The lowest BCUT2D eigenvalue weighted by atomic mass is 10.1. The van der Waals surface area contributed by atoms with Crippen LogP contribution in [-0.4, -0.2) is 16.9 Å². The first kappa shape index (κ1) is 10.5. The van der Waals surface area contributed by atoms with E-state index in [1.807, 2.05) is 0 Å². The average molecular weight is 222 g/mol. The molecule has 5 heteroatoms. The van der Waals surface area contributed by atoms with Crippen molar-refractivity contribution in [2.45, 2.75) is 0 Å². The number of rotatable bonds is 2. The highest BCUT2D eigenvalue weighted by atomic mass is 19.1. The summed E-state index contributed by atoms with van der Waals surface area (Å²) in [5, 5.41) is 2.36. The molecule has 0 atom stereocenters. The highest BCUT2D eigenvalue weighted by molar-refractivity contribution is 5.64. The SMILES string of the molecule is COc1cccc(-c2c(F)n(C)[nH]c2=O)c1. The van der Waals surface area contributed by atoms with Crippen molar-refractivity contribution in [1.29, 1.82) is 0 Å². The summed E-state index contributed by atoms with van der Waals surface area (Å²) in [5.41, 5.74) is 0.0772. The molecule has 0 fully saturated rings. The number of hydrogen-bond acceptors (Lipinski definition) is 2. The van der Waals surface area contributed by atoms with Crippen molar-refractivity contribution in [3.05, 3.63) is 40.6 Å². The standard InChI is InChI=1S/C11H11FN2O2/c1-14-10(12)9(11(15)13-14)7-4-3-5-8(6-7)16-2/h3-6H,1-2H3,(H,13,15). The Balaban J connectivity index is 2.62. The third kappa shape index (κ3) is 1.60. The van der Waals surface area contributed by atoms with Gasteiger partial charge in [0.15, 0.2) is 0 Å². The zero-order valence-corrected chi connectivity index (χ0v) is 8.95. The summed E-state index contributed by atoms with van der Waals surface area (Å²) in [7, 11) is 2.96. The summed E-state index contributed by atoms with van der Waals surface area (Å²) in [4.78, 5) is 11.5. The second-order valence-electron chi connectivity index (χ2n) is 3.40. The molecule has 0 radical (unpaired) electrons. The van der Waals surface area contributed by atoms with Crippen LogP contribution < -0.4 is 10.3 Å². The van der Waals surface area contributed by atoms with Crippen molar-refractivity contribution in [2.24, 2.45) is 7.05 Å². The number of hydrogen-bond donors (Lipinski definition) is 1. The van der Waals surface area contributed by atoms with Crippen LogP contribution in [0.2, 0.25) is 0 Å². The van der Waals surface area contributed by atoms with E-state index < -0.39 is 11.5 Å². The number of nitrogens with zero attached hydrogens (tertiary/aromatic N) is 1. The van der Waals surface area contributed by atoms with Crippen molar-refractivity contribution in [2.75, 3.05) is 7.11 Å². The Morgan fingerprint density at radius 1 is 1.44 bits per heavy atom. The van der Waals surface area contributed by atoms with Crippen LogP contribution in [-0.2, 0) is 7.05 Å². The molecule has 1 aromatic heterocycles. The molecule has 0 bridgehead atoms. The molecule has 16 heavy (non-hydrogen) atoms. The number of aromatic nitrogens is 2. The van der Waals surface area contributed by atoms with Crippen LogP contribution in [0, 0.1) is 5.95 Å². The number of aryl methyl sites for hydroxylation is 1. The van der Waals surface area contributed by atoms with E-state index in [1.165, 1.54) is 14.2 Å². The van der Waals surface area contributed by atoms with Crippen molar-refractivity contribution in [3.8, 4) is 16.9 Å². The highest BCUT2D eigenvalue weighted by Crippen LogP contribution is 2.22. The molecule has 0 spiro atoms. The Kier molecular flexibility index (Phi) is 2.52. The van der Waals surface area contributed by atoms with Gasteiger partial charge in [0.05, 0.1) is 7.11 Å². The minimum Gasteiger partial charge on any atom is -0.497 e. The molecule has 0 unspecified atom stereocenters. The van der Waals surface area contributed by atoms with Gasteiger partial charge in [0.25, 0.3) is 5.56 Å². The number of benzene rings is 1. The maximum atomic E-state index is 13.6. The topological polar surface area (TPSA) is 47.0 Å². The number of nitrogens with one attached hydrogen (secondary N) is 1.